The molecule has 0 unspecified atom stereocenters. The van der Waals surface area contributed by atoms with Crippen LogP contribution in [0.2, 0.25) is 0 Å². The first-order valence-electron chi connectivity index (χ1n) is 11.6. The number of carbonyl (C=O) groups is 1. The summed E-state index contributed by atoms with van der Waals surface area (Å²) in [5, 5.41) is 2.08. The maximum Gasteiger partial charge on any atom is 0.330 e. The second-order valence-electron chi connectivity index (χ2n) is 7.95. The number of fused-ring (bicyclic) bond motifs is 3. The van der Waals surface area contributed by atoms with E-state index in [9.17, 15) is 9.36 Å². The average Bonchev–Trinajstić information content (AvgIpc) is 3.17. The number of rotatable bonds is 11. The van der Waals surface area contributed by atoms with Gasteiger partial charge in [-0.1, -0.05) is 30.3 Å². The molecular formula is C27H30NO5P. The second-order valence-corrected chi connectivity index (χ2v) is 10.1. The summed E-state index contributed by atoms with van der Waals surface area (Å²) in [6, 6.07) is 21.2. The summed E-state index contributed by atoms with van der Waals surface area (Å²) in [7, 11) is -1.52. The Morgan fingerprint density at radius 3 is 2.29 bits per heavy atom. The number of para-hydroxylation sites is 2. The third-order valence-electron chi connectivity index (χ3n) is 5.85. The van der Waals surface area contributed by atoms with Crippen LogP contribution in [0.5, 0.6) is 5.75 Å². The Labute approximate surface area is 200 Å². The standard InChI is InChI=1S/C27H30NO5P/c1-4-32-34(30,33-5-2)18-10-17-28-24-13-8-6-11-21(24)23-19-20(15-16-25(23)28)27(29)22-12-7-9-14-26(22)31-3/h6-9,11-16,19H,4-5,10,17-18H2,1-3H3. The number of carbonyl (C=O) groups excluding carboxylic acids is 1. The van der Waals surface area contributed by atoms with E-state index in [4.69, 9.17) is 13.8 Å². The van der Waals surface area contributed by atoms with Crippen LogP contribution < -0.4 is 4.74 Å². The zero-order valence-electron chi connectivity index (χ0n) is 19.8. The van der Waals surface area contributed by atoms with Crippen LogP contribution in [0.3, 0.4) is 0 Å². The van der Waals surface area contributed by atoms with E-state index in [1.165, 1.54) is 0 Å². The van der Waals surface area contributed by atoms with Gasteiger partial charge in [0.1, 0.15) is 5.75 Å². The van der Waals surface area contributed by atoms with Crippen LogP contribution in [0.4, 0.5) is 0 Å². The number of ether oxygens (including phenoxy) is 1. The van der Waals surface area contributed by atoms with E-state index in [0.717, 1.165) is 21.8 Å². The van der Waals surface area contributed by atoms with Crippen LogP contribution in [0.15, 0.2) is 66.7 Å². The number of aromatic nitrogens is 1. The summed E-state index contributed by atoms with van der Waals surface area (Å²) in [5.41, 5.74) is 3.25. The molecule has 7 heteroatoms. The van der Waals surface area contributed by atoms with Crippen molar-refractivity contribution in [3.63, 3.8) is 0 Å². The summed E-state index contributed by atoms with van der Waals surface area (Å²) >= 11 is 0. The van der Waals surface area contributed by atoms with E-state index < -0.39 is 7.60 Å². The van der Waals surface area contributed by atoms with Crippen LogP contribution in [0, 0.1) is 0 Å². The van der Waals surface area contributed by atoms with Gasteiger partial charge in [0.15, 0.2) is 5.78 Å². The lowest BCUT2D eigenvalue weighted by atomic mass is 10.0. The number of aryl methyl sites for hydroxylation is 1. The summed E-state index contributed by atoms with van der Waals surface area (Å²) in [5.74, 6) is 0.480. The smallest absolute Gasteiger partial charge is 0.330 e. The summed E-state index contributed by atoms with van der Waals surface area (Å²) < 4.78 is 31.4. The van der Waals surface area contributed by atoms with Crippen molar-refractivity contribution in [2.24, 2.45) is 0 Å². The van der Waals surface area contributed by atoms with E-state index in [0.29, 0.717) is 49.2 Å². The number of hydrogen-bond acceptors (Lipinski definition) is 5. The van der Waals surface area contributed by atoms with Crippen LogP contribution in [0.1, 0.15) is 36.2 Å². The highest BCUT2D eigenvalue weighted by atomic mass is 31.2. The zero-order valence-corrected chi connectivity index (χ0v) is 20.7. The maximum atomic E-state index is 13.3. The Bertz CT molecular complexity index is 1350. The van der Waals surface area contributed by atoms with Gasteiger partial charge in [-0.05, 0) is 56.7 Å². The van der Waals surface area contributed by atoms with Crippen molar-refractivity contribution in [3.8, 4) is 5.75 Å². The minimum Gasteiger partial charge on any atom is -0.496 e. The van der Waals surface area contributed by atoms with Gasteiger partial charge in [-0.15, -0.1) is 0 Å². The Hall–Kier alpha value is -2.92. The lowest BCUT2D eigenvalue weighted by Crippen LogP contribution is -2.05. The molecule has 0 radical (unpaired) electrons. The number of benzene rings is 3. The second kappa shape index (κ2) is 10.6. The molecule has 3 aromatic carbocycles. The Morgan fingerprint density at radius 2 is 1.56 bits per heavy atom. The average molecular weight is 480 g/mol. The number of nitrogens with zero attached hydrogens (tertiary/aromatic N) is 1. The molecule has 34 heavy (non-hydrogen) atoms. The quantitative estimate of drug-likeness (QED) is 0.177. The van der Waals surface area contributed by atoms with E-state index in [1.807, 2.05) is 56.3 Å². The fourth-order valence-electron chi connectivity index (χ4n) is 4.41. The topological polar surface area (TPSA) is 66.8 Å². The molecule has 178 valence electrons. The number of methoxy groups -OCH3 is 1. The molecule has 0 N–H and O–H groups in total. The third-order valence-corrected chi connectivity index (χ3v) is 8.02. The predicted octanol–water partition coefficient (Wildman–Crippen LogP) is 6.69. The van der Waals surface area contributed by atoms with Crippen molar-refractivity contribution < 1.29 is 23.1 Å². The van der Waals surface area contributed by atoms with Crippen molar-refractivity contribution >= 4 is 35.2 Å². The largest absolute Gasteiger partial charge is 0.496 e. The van der Waals surface area contributed by atoms with Gasteiger partial charge in [0.2, 0.25) is 0 Å². The maximum absolute atomic E-state index is 13.3. The summed E-state index contributed by atoms with van der Waals surface area (Å²) in [6.45, 7) is 5.02. The molecule has 0 aliphatic heterocycles. The molecular weight excluding hydrogens is 449 g/mol. The van der Waals surface area contributed by atoms with Crippen LogP contribution in [-0.2, 0) is 20.2 Å². The third kappa shape index (κ3) is 4.80. The van der Waals surface area contributed by atoms with Gasteiger partial charge in [0, 0.05) is 33.9 Å². The van der Waals surface area contributed by atoms with Crippen molar-refractivity contribution in [3.05, 3.63) is 77.9 Å². The van der Waals surface area contributed by atoms with Gasteiger partial charge in [-0.2, -0.15) is 0 Å². The first-order valence-corrected chi connectivity index (χ1v) is 13.3. The van der Waals surface area contributed by atoms with Gasteiger partial charge in [0.25, 0.3) is 0 Å². The molecule has 0 atom stereocenters. The van der Waals surface area contributed by atoms with E-state index in [1.54, 1.807) is 19.2 Å². The Kier molecular flexibility index (Phi) is 7.52. The molecule has 0 saturated heterocycles. The Balaban J connectivity index is 1.69. The predicted molar refractivity (Wildman–Crippen MR) is 136 cm³/mol. The van der Waals surface area contributed by atoms with Gasteiger partial charge < -0.3 is 18.4 Å². The van der Waals surface area contributed by atoms with E-state index in [-0.39, 0.29) is 5.78 Å². The molecule has 4 aromatic rings. The molecule has 0 spiro atoms. The lowest BCUT2D eigenvalue weighted by molar-refractivity contribution is 0.103. The molecule has 1 heterocycles. The number of hydrogen-bond donors (Lipinski definition) is 0. The monoisotopic (exact) mass is 479 g/mol. The highest BCUT2D eigenvalue weighted by Gasteiger charge is 2.23. The molecule has 4 rings (SSSR count). The van der Waals surface area contributed by atoms with E-state index >= 15 is 0 Å². The first-order chi connectivity index (χ1) is 16.5. The highest BCUT2D eigenvalue weighted by molar-refractivity contribution is 7.53. The minimum atomic E-state index is -3.09. The Morgan fingerprint density at radius 1 is 0.882 bits per heavy atom. The van der Waals surface area contributed by atoms with Gasteiger partial charge in [-0.3, -0.25) is 9.36 Å². The SMILES string of the molecule is CCOP(=O)(CCCn1c2ccccc2c2cc(C(=O)c3ccccc3OC)ccc21)OCC. The fraction of sp³-hybridized carbons (Fsp3) is 0.296. The molecule has 0 amide bonds. The van der Waals surface area contributed by atoms with Crippen molar-refractivity contribution in [1.82, 2.24) is 4.57 Å². The van der Waals surface area contributed by atoms with E-state index in [2.05, 4.69) is 16.7 Å². The highest BCUT2D eigenvalue weighted by Crippen LogP contribution is 2.48. The molecule has 0 bridgehead atoms. The number of ketones is 1. The first kappa shape index (κ1) is 24.2. The minimum absolute atomic E-state index is 0.0782. The zero-order chi connectivity index (χ0) is 24.1. The van der Waals surface area contributed by atoms with Crippen LogP contribution in [0.25, 0.3) is 21.8 Å². The summed E-state index contributed by atoms with van der Waals surface area (Å²) in [6.07, 6.45) is 1.000. The van der Waals surface area contributed by atoms with Crippen molar-refractivity contribution in [2.75, 3.05) is 26.5 Å². The van der Waals surface area contributed by atoms with Gasteiger partial charge >= 0.3 is 7.60 Å². The normalized spacial score (nSPS) is 11.9. The fourth-order valence-corrected chi connectivity index (χ4v) is 6.05. The van der Waals surface area contributed by atoms with Crippen molar-refractivity contribution in [2.45, 2.75) is 26.8 Å². The molecule has 0 saturated carbocycles. The molecule has 1 aromatic heterocycles. The molecule has 0 aliphatic carbocycles. The van der Waals surface area contributed by atoms with Crippen LogP contribution >= 0.6 is 7.60 Å². The van der Waals surface area contributed by atoms with Crippen molar-refractivity contribution in [1.29, 1.82) is 0 Å². The molecule has 0 aliphatic rings. The van der Waals surface area contributed by atoms with Gasteiger partial charge in [-0.25, -0.2) is 0 Å². The summed E-state index contributed by atoms with van der Waals surface area (Å²) in [4.78, 5) is 13.3. The molecule has 0 fully saturated rings. The van der Waals surface area contributed by atoms with Gasteiger partial charge in [0.05, 0.1) is 32.0 Å². The molecule has 6 nitrogen and oxygen atoms in total. The van der Waals surface area contributed by atoms with Crippen LogP contribution in [-0.4, -0.2) is 36.8 Å². The lowest BCUT2D eigenvalue weighted by Gasteiger charge is -2.17.